The monoisotopic (exact) mass is 240 g/mol. The number of hydrogen-bond donors (Lipinski definition) is 2. The SMILES string of the molecule is N=C(N)CCOc1ccc(-c2ccccc2)cc1. The van der Waals surface area contributed by atoms with Crippen LogP contribution in [0.4, 0.5) is 0 Å². The summed E-state index contributed by atoms with van der Waals surface area (Å²) in [5.74, 6) is 0.951. The van der Waals surface area contributed by atoms with Gasteiger partial charge < -0.3 is 10.5 Å². The summed E-state index contributed by atoms with van der Waals surface area (Å²) in [6, 6.07) is 18.1. The molecular formula is C15H16N2O. The van der Waals surface area contributed by atoms with Gasteiger partial charge in [0.1, 0.15) is 5.75 Å². The molecule has 0 aliphatic carbocycles. The first-order chi connectivity index (χ1) is 8.75. The van der Waals surface area contributed by atoms with Crippen LogP contribution >= 0.6 is 0 Å². The summed E-state index contributed by atoms with van der Waals surface area (Å²) < 4.78 is 5.49. The summed E-state index contributed by atoms with van der Waals surface area (Å²) in [6.07, 6.45) is 0.459. The van der Waals surface area contributed by atoms with Gasteiger partial charge in [0.05, 0.1) is 12.4 Å². The zero-order chi connectivity index (χ0) is 12.8. The van der Waals surface area contributed by atoms with Gasteiger partial charge in [-0.25, -0.2) is 0 Å². The molecule has 3 N–H and O–H groups in total. The molecule has 0 saturated heterocycles. The van der Waals surface area contributed by atoms with Crippen molar-refractivity contribution >= 4 is 5.84 Å². The Kier molecular flexibility index (Phi) is 3.97. The van der Waals surface area contributed by atoms with Crippen LogP contribution in [0.1, 0.15) is 6.42 Å². The second-order valence-electron chi connectivity index (χ2n) is 4.01. The van der Waals surface area contributed by atoms with Crippen molar-refractivity contribution in [2.75, 3.05) is 6.61 Å². The van der Waals surface area contributed by atoms with E-state index in [-0.39, 0.29) is 5.84 Å². The zero-order valence-electron chi connectivity index (χ0n) is 10.1. The molecule has 0 aliphatic rings. The van der Waals surface area contributed by atoms with Gasteiger partial charge >= 0.3 is 0 Å². The maximum Gasteiger partial charge on any atom is 0.119 e. The lowest BCUT2D eigenvalue weighted by Crippen LogP contribution is -2.13. The van der Waals surface area contributed by atoms with Crippen molar-refractivity contribution in [3.8, 4) is 16.9 Å². The number of nitrogens with one attached hydrogen (secondary N) is 1. The van der Waals surface area contributed by atoms with E-state index in [1.165, 1.54) is 5.56 Å². The van der Waals surface area contributed by atoms with Crippen molar-refractivity contribution in [2.24, 2.45) is 5.73 Å². The topological polar surface area (TPSA) is 59.1 Å². The van der Waals surface area contributed by atoms with Crippen LogP contribution in [0.25, 0.3) is 11.1 Å². The minimum Gasteiger partial charge on any atom is -0.493 e. The van der Waals surface area contributed by atoms with E-state index in [1.54, 1.807) is 0 Å². The van der Waals surface area contributed by atoms with Crippen molar-refractivity contribution in [2.45, 2.75) is 6.42 Å². The van der Waals surface area contributed by atoms with Gasteiger partial charge in [0, 0.05) is 6.42 Å². The first-order valence-corrected chi connectivity index (χ1v) is 5.87. The highest BCUT2D eigenvalue weighted by Crippen LogP contribution is 2.21. The Morgan fingerprint density at radius 2 is 1.56 bits per heavy atom. The van der Waals surface area contributed by atoms with Gasteiger partial charge in [-0.1, -0.05) is 42.5 Å². The summed E-state index contributed by atoms with van der Waals surface area (Å²) in [6.45, 7) is 0.444. The third-order valence-electron chi connectivity index (χ3n) is 2.60. The normalized spacial score (nSPS) is 10.0. The summed E-state index contributed by atoms with van der Waals surface area (Å²) in [5.41, 5.74) is 7.61. The van der Waals surface area contributed by atoms with E-state index in [0.29, 0.717) is 13.0 Å². The number of nitrogens with two attached hydrogens (primary N) is 1. The fourth-order valence-electron chi connectivity index (χ4n) is 1.65. The molecule has 2 aromatic carbocycles. The third-order valence-corrected chi connectivity index (χ3v) is 2.60. The van der Waals surface area contributed by atoms with E-state index in [1.807, 2.05) is 42.5 Å². The van der Waals surface area contributed by atoms with Crippen LogP contribution in [0.5, 0.6) is 5.75 Å². The van der Waals surface area contributed by atoms with Gasteiger partial charge in [-0.15, -0.1) is 0 Å². The molecule has 0 amide bonds. The molecule has 0 heterocycles. The first kappa shape index (κ1) is 12.2. The first-order valence-electron chi connectivity index (χ1n) is 5.87. The maximum atomic E-state index is 7.10. The lowest BCUT2D eigenvalue weighted by molar-refractivity contribution is 0.328. The number of rotatable bonds is 5. The summed E-state index contributed by atoms with van der Waals surface area (Å²) in [4.78, 5) is 0. The lowest BCUT2D eigenvalue weighted by Gasteiger charge is -2.06. The molecule has 0 unspecified atom stereocenters. The molecule has 0 radical (unpaired) electrons. The van der Waals surface area contributed by atoms with E-state index >= 15 is 0 Å². The van der Waals surface area contributed by atoms with E-state index in [0.717, 1.165) is 11.3 Å². The standard InChI is InChI=1S/C15H16N2O/c16-15(17)10-11-18-14-8-6-13(7-9-14)12-4-2-1-3-5-12/h1-9H,10-11H2,(H3,16,17). The highest BCUT2D eigenvalue weighted by molar-refractivity contribution is 5.76. The molecule has 3 heteroatoms. The lowest BCUT2D eigenvalue weighted by atomic mass is 10.1. The highest BCUT2D eigenvalue weighted by atomic mass is 16.5. The second kappa shape index (κ2) is 5.87. The Balaban J connectivity index is 2.00. The van der Waals surface area contributed by atoms with Gasteiger partial charge in [-0.2, -0.15) is 0 Å². The predicted octanol–water partition coefficient (Wildman–Crippen LogP) is 3.06. The fourth-order valence-corrected chi connectivity index (χ4v) is 1.65. The van der Waals surface area contributed by atoms with Gasteiger partial charge in [0.2, 0.25) is 0 Å². The molecule has 18 heavy (non-hydrogen) atoms. The van der Waals surface area contributed by atoms with Crippen LogP contribution in [0, 0.1) is 5.41 Å². The molecule has 0 atom stereocenters. The van der Waals surface area contributed by atoms with Crippen molar-refractivity contribution in [3.05, 3.63) is 54.6 Å². The number of ether oxygens (including phenoxy) is 1. The fraction of sp³-hybridized carbons (Fsp3) is 0.133. The van der Waals surface area contributed by atoms with Gasteiger partial charge in [-0.3, -0.25) is 5.41 Å². The summed E-state index contributed by atoms with van der Waals surface area (Å²) in [5, 5.41) is 7.10. The van der Waals surface area contributed by atoms with E-state index in [2.05, 4.69) is 12.1 Å². The average molecular weight is 240 g/mol. The van der Waals surface area contributed by atoms with Gasteiger partial charge in [0.25, 0.3) is 0 Å². The summed E-state index contributed by atoms with van der Waals surface area (Å²) in [7, 11) is 0. The molecular weight excluding hydrogens is 224 g/mol. The number of benzene rings is 2. The van der Waals surface area contributed by atoms with E-state index in [9.17, 15) is 0 Å². The molecule has 0 spiro atoms. The minimum absolute atomic E-state index is 0.149. The molecule has 0 aliphatic heterocycles. The second-order valence-corrected chi connectivity index (χ2v) is 4.01. The Bertz CT molecular complexity index is 506. The van der Waals surface area contributed by atoms with Crippen LogP contribution in [0.15, 0.2) is 54.6 Å². The molecule has 0 bridgehead atoms. The molecule has 2 aromatic rings. The highest BCUT2D eigenvalue weighted by Gasteiger charge is 1.98. The van der Waals surface area contributed by atoms with Crippen molar-refractivity contribution in [1.29, 1.82) is 5.41 Å². The van der Waals surface area contributed by atoms with Crippen molar-refractivity contribution < 1.29 is 4.74 Å². The zero-order valence-corrected chi connectivity index (χ0v) is 10.1. The Labute approximate surface area is 107 Å². The Hall–Kier alpha value is -2.29. The van der Waals surface area contributed by atoms with Crippen LogP contribution in [0.2, 0.25) is 0 Å². The van der Waals surface area contributed by atoms with Crippen LogP contribution < -0.4 is 10.5 Å². The molecule has 0 aromatic heterocycles. The molecule has 0 fully saturated rings. The molecule has 3 nitrogen and oxygen atoms in total. The van der Waals surface area contributed by atoms with Crippen molar-refractivity contribution in [3.63, 3.8) is 0 Å². The smallest absolute Gasteiger partial charge is 0.119 e. The van der Waals surface area contributed by atoms with E-state index in [4.69, 9.17) is 15.9 Å². The van der Waals surface area contributed by atoms with Crippen LogP contribution in [0.3, 0.4) is 0 Å². The average Bonchev–Trinajstić information content (AvgIpc) is 2.40. The predicted molar refractivity (Wildman–Crippen MR) is 73.9 cm³/mol. The largest absolute Gasteiger partial charge is 0.493 e. The third kappa shape index (κ3) is 3.35. The Morgan fingerprint density at radius 1 is 0.944 bits per heavy atom. The quantitative estimate of drug-likeness (QED) is 0.623. The number of hydrogen-bond acceptors (Lipinski definition) is 2. The summed E-state index contributed by atoms with van der Waals surface area (Å²) >= 11 is 0. The van der Waals surface area contributed by atoms with Crippen molar-refractivity contribution in [1.82, 2.24) is 0 Å². The molecule has 2 rings (SSSR count). The molecule has 92 valence electrons. The maximum absolute atomic E-state index is 7.10. The Morgan fingerprint density at radius 3 is 2.17 bits per heavy atom. The molecule has 0 saturated carbocycles. The number of amidine groups is 1. The van der Waals surface area contributed by atoms with Crippen LogP contribution in [-0.4, -0.2) is 12.4 Å². The van der Waals surface area contributed by atoms with Gasteiger partial charge in [-0.05, 0) is 23.3 Å². The minimum atomic E-state index is 0.149. The van der Waals surface area contributed by atoms with Gasteiger partial charge in [0.15, 0.2) is 0 Å². The van der Waals surface area contributed by atoms with Crippen LogP contribution in [-0.2, 0) is 0 Å². The van der Waals surface area contributed by atoms with E-state index < -0.39 is 0 Å².